The van der Waals surface area contributed by atoms with Gasteiger partial charge in [0.1, 0.15) is 0 Å². The molecule has 0 radical (unpaired) electrons. The maximum absolute atomic E-state index is 6.03. The highest BCUT2D eigenvalue weighted by molar-refractivity contribution is 4.88. The van der Waals surface area contributed by atoms with Gasteiger partial charge in [0, 0.05) is 12.1 Å². The van der Waals surface area contributed by atoms with Crippen LogP contribution in [-0.2, 0) is 0 Å². The molecule has 0 aromatic carbocycles. The Hall–Kier alpha value is -0.0800. The molecule has 2 heteroatoms. The van der Waals surface area contributed by atoms with Gasteiger partial charge in [-0.3, -0.25) is 0 Å². The maximum atomic E-state index is 6.03. The second-order valence-corrected chi connectivity index (χ2v) is 4.20. The summed E-state index contributed by atoms with van der Waals surface area (Å²) < 4.78 is 0. The number of hydrogen-bond donors (Lipinski definition) is 1. The average Bonchev–Trinajstić information content (AvgIpc) is 2.32. The predicted octanol–water partition coefficient (Wildman–Crippen LogP) is 1.07. The highest BCUT2D eigenvalue weighted by atomic mass is 15.1. The number of hydrogen-bond acceptors (Lipinski definition) is 2. The Morgan fingerprint density at radius 2 is 2.18 bits per heavy atom. The summed E-state index contributed by atoms with van der Waals surface area (Å²) in [6.45, 7) is 10.1. The van der Waals surface area contributed by atoms with Crippen LogP contribution in [0.25, 0.3) is 0 Å². The van der Waals surface area contributed by atoms with E-state index in [1.807, 2.05) is 0 Å². The third-order valence-corrected chi connectivity index (χ3v) is 2.77. The second kappa shape index (κ2) is 3.11. The largest absolute Gasteiger partial charge is 0.325 e. The zero-order valence-electron chi connectivity index (χ0n) is 7.93. The molecule has 0 aromatic rings. The molecule has 1 saturated heterocycles. The van der Waals surface area contributed by atoms with Crippen LogP contribution in [0.3, 0.4) is 0 Å². The fourth-order valence-corrected chi connectivity index (χ4v) is 1.73. The lowest BCUT2D eigenvalue weighted by molar-refractivity contribution is 0.290. The highest BCUT2D eigenvalue weighted by Gasteiger charge is 2.31. The smallest absolute Gasteiger partial charge is 0.0138 e. The van der Waals surface area contributed by atoms with Crippen LogP contribution < -0.4 is 5.73 Å². The fourth-order valence-electron chi connectivity index (χ4n) is 1.73. The van der Waals surface area contributed by atoms with Crippen molar-refractivity contribution in [1.82, 2.24) is 4.90 Å². The Labute approximate surface area is 69.8 Å². The molecule has 0 spiro atoms. The minimum absolute atomic E-state index is 0.0178. The standard InChI is InChI=1S/C9H20N2/c1-4-11-6-5-8(7-11)9(2,3)10/h8H,4-7,10H2,1-3H3/t8-/m1/s1. The van der Waals surface area contributed by atoms with E-state index in [4.69, 9.17) is 5.73 Å². The first-order valence-corrected chi connectivity index (χ1v) is 4.55. The molecule has 2 N–H and O–H groups in total. The number of likely N-dealkylation sites (tertiary alicyclic amines) is 1. The van der Waals surface area contributed by atoms with Crippen molar-refractivity contribution >= 4 is 0 Å². The molecule has 0 aliphatic carbocycles. The number of nitrogens with two attached hydrogens (primary N) is 1. The molecule has 1 aliphatic rings. The van der Waals surface area contributed by atoms with E-state index in [9.17, 15) is 0 Å². The van der Waals surface area contributed by atoms with E-state index >= 15 is 0 Å². The van der Waals surface area contributed by atoms with Crippen LogP contribution in [0.1, 0.15) is 27.2 Å². The van der Waals surface area contributed by atoms with E-state index in [2.05, 4.69) is 25.7 Å². The molecular weight excluding hydrogens is 136 g/mol. The fraction of sp³-hybridized carbons (Fsp3) is 1.00. The first kappa shape index (κ1) is 9.01. The summed E-state index contributed by atoms with van der Waals surface area (Å²) in [4.78, 5) is 2.47. The average molecular weight is 156 g/mol. The van der Waals surface area contributed by atoms with Crippen LogP contribution in [0.15, 0.2) is 0 Å². The van der Waals surface area contributed by atoms with Gasteiger partial charge in [-0.25, -0.2) is 0 Å². The molecule has 2 nitrogen and oxygen atoms in total. The summed E-state index contributed by atoms with van der Waals surface area (Å²) in [5.41, 5.74) is 6.05. The predicted molar refractivity (Wildman–Crippen MR) is 48.5 cm³/mol. The Kier molecular flexibility index (Phi) is 2.55. The van der Waals surface area contributed by atoms with Crippen LogP contribution >= 0.6 is 0 Å². The van der Waals surface area contributed by atoms with Gasteiger partial charge in [0.2, 0.25) is 0 Å². The van der Waals surface area contributed by atoms with Crippen molar-refractivity contribution in [3.8, 4) is 0 Å². The maximum Gasteiger partial charge on any atom is 0.0138 e. The highest BCUT2D eigenvalue weighted by Crippen LogP contribution is 2.24. The van der Waals surface area contributed by atoms with Crippen molar-refractivity contribution in [2.45, 2.75) is 32.7 Å². The van der Waals surface area contributed by atoms with Crippen LogP contribution in [0.2, 0.25) is 0 Å². The zero-order chi connectivity index (χ0) is 8.48. The van der Waals surface area contributed by atoms with Crippen LogP contribution in [-0.4, -0.2) is 30.1 Å². The van der Waals surface area contributed by atoms with E-state index < -0.39 is 0 Å². The van der Waals surface area contributed by atoms with Crippen molar-refractivity contribution < 1.29 is 0 Å². The molecule has 1 rings (SSSR count). The first-order valence-electron chi connectivity index (χ1n) is 4.55. The van der Waals surface area contributed by atoms with Gasteiger partial charge in [-0.15, -0.1) is 0 Å². The zero-order valence-corrected chi connectivity index (χ0v) is 7.93. The molecule has 0 unspecified atom stereocenters. The third-order valence-electron chi connectivity index (χ3n) is 2.77. The lowest BCUT2D eigenvalue weighted by Crippen LogP contribution is -2.42. The van der Waals surface area contributed by atoms with Crippen molar-refractivity contribution in [1.29, 1.82) is 0 Å². The van der Waals surface area contributed by atoms with Crippen LogP contribution in [0.4, 0.5) is 0 Å². The van der Waals surface area contributed by atoms with Gasteiger partial charge in [0.05, 0.1) is 0 Å². The lowest BCUT2D eigenvalue weighted by Gasteiger charge is -2.26. The molecule has 66 valence electrons. The molecule has 1 heterocycles. The summed E-state index contributed by atoms with van der Waals surface area (Å²) >= 11 is 0. The summed E-state index contributed by atoms with van der Waals surface area (Å²) in [5.74, 6) is 0.697. The molecule has 0 amide bonds. The van der Waals surface area contributed by atoms with Gasteiger partial charge in [-0.1, -0.05) is 6.92 Å². The molecule has 11 heavy (non-hydrogen) atoms. The monoisotopic (exact) mass is 156 g/mol. The van der Waals surface area contributed by atoms with E-state index in [1.165, 1.54) is 26.1 Å². The minimum atomic E-state index is 0.0178. The minimum Gasteiger partial charge on any atom is -0.325 e. The van der Waals surface area contributed by atoms with E-state index in [0.29, 0.717) is 5.92 Å². The summed E-state index contributed by atoms with van der Waals surface area (Å²) in [6.07, 6.45) is 1.28. The molecule has 0 bridgehead atoms. The van der Waals surface area contributed by atoms with Crippen molar-refractivity contribution in [2.75, 3.05) is 19.6 Å². The second-order valence-electron chi connectivity index (χ2n) is 4.20. The van der Waals surface area contributed by atoms with Crippen molar-refractivity contribution in [3.05, 3.63) is 0 Å². The lowest BCUT2D eigenvalue weighted by atomic mass is 9.88. The Balaban J connectivity index is 2.42. The van der Waals surface area contributed by atoms with E-state index in [0.717, 1.165) is 0 Å². The van der Waals surface area contributed by atoms with Gasteiger partial charge in [0.15, 0.2) is 0 Å². The SMILES string of the molecule is CCN1CC[C@@H](C(C)(C)N)C1. The topological polar surface area (TPSA) is 29.3 Å². The van der Waals surface area contributed by atoms with E-state index in [1.54, 1.807) is 0 Å². The normalized spacial score (nSPS) is 27.8. The van der Waals surface area contributed by atoms with Crippen LogP contribution in [0, 0.1) is 5.92 Å². The summed E-state index contributed by atoms with van der Waals surface area (Å²) in [6, 6.07) is 0. The molecular formula is C9H20N2. The van der Waals surface area contributed by atoms with Gasteiger partial charge < -0.3 is 10.6 Å². The molecule has 1 aliphatic heterocycles. The quantitative estimate of drug-likeness (QED) is 0.648. The van der Waals surface area contributed by atoms with Gasteiger partial charge in [0.25, 0.3) is 0 Å². The molecule has 0 saturated carbocycles. The van der Waals surface area contributed by atoms with Gasteiger partial charge in [-0.05, 0) is 39.3 Å². The Bertz CT molecular complexity index is 126. The van der Waals surface area contributed by atoms with Gasteiger partial charge in [-0.2, -0.15) is 0 Å². The molecule has 1 fully saturated rings. The Morgan fingerprint density at radius 3 is 2.45 bits per heavy atom. The number of rotatable bonds is 2. The Morgan fingerprint density at radius 1 is 1.55 bits per heavy atom. The van der Waals surface area contributed by atoms with E-state index in [-0.39, 0.29) is 5.54 Å². The van der Waals surface area contributed by atoms with Crippen molar-refractivity contribution in [3.63, 3.8) is 0 Å². The summed E-state index contributed by atoms with van der Waals surface area (Å²) in [7, 11) is 0. The van der Waals surface area contributed by atoms with Crippen molar-refractivity contribution in [2.24, 2.45) is 11.7 Å². The van der Waals surface area contributed by atoms with Gasteiger partial charge >= 0.3 is 0 Å². The van der Waals surface area contributed by atoms with Crippen LogP contribution in [0.5, 0.6) is 0 Å². The summed E-state index contributed by atoms with van der Waals surface area (Å²) in [5, 5.41) is 0. The molecule has 1 atom stereocenters. The number of nitrogens with zero attached hydrogens (tertiary/aromatic N) is 1. The molecule has 0 aromatic heterocycles. The third kappa shape index (κ3) is 2.17. The first-order chi connectivity index (χ1) is 5.04.